The molecule has 2 amide bonds. The minimum absolute atomic E-state index is 0.139. The highest BCUT2D eigenvalue weighted by Crippen LogP contribution is 2.15. The minimum atomic E-state index is -0.139. The molecule has 0 heterocycles. The number of nitrogens with one attached hydrogen (secondary N) is 2. The molecule has 0 bridgehead atoms. The minimum Gasteiger partial charge on any atom is -0.338 e. The zero-order valence-corrected chi connectivity index (χ0v) is 11.7. The van der Waals surface area contributed by atoms with Gasteiger partial charge in [0, 0.05) is 16.7 Å². The molecular weight excluding hydrogens is 280 g/mol. The first kappa shape index (κ1) is 14.0. The summed E-state index contributed by atoms with van der Waals surface area (Å²) < 4.78 is 0.957. The van der Waals surface area contributed by atoms with E-state index in [9.17, 15) is 4.79 Å². The van der Waals surface area contributed by atoms with E-state index in [4.69, 9.17) is 0 Å². The van der Waals surface area contributed by atoms with Gasteiger partial charge < -0.3 is 10.6 Å². The van der Waals surface area contributed by atoms with Crippen molar-refractivity contribution in [2.75, 3.05) is 11.9 Å². The van der Waals surface area contributed by atoms with E-state index in [1.807, 2.05) is 24.3 Å². The topological polar surface area (TPSA) is 41.1 Å². The van der Waals surface area contributed by atoms with Gasteiger partial charge in [-0.25, -0.2) is 4.79 Å². The van der Waals surface area contributed by atoms with E-state index < -0.39 is 0 Å². The summed E-state index contributed by atoms with van der Waals surface area (Å²) in [6, 6.07) is 7.41. The number of amides is 2. The first-order chi connectivity index (χ1) is 8.22. The van der Waals surface area contributed by atoms with Crippen LogP contribution in [0.4, 0.5) is 10.5 Å². The Morgan fingerprint density at radius 3 is 2.82 bits per heavy atom. The summed E-state index contributed by atoms with van der Waals surface area (Å²) in [5, 5.41) is 5.64. The number of urea groups is 1. The van der Waals surface area contributed by atoms with Crippen LogP contribution < -0.4 is 10.6 Å². The number of carbonyl (C=O) groups is 1. The maximum absolute atomic E-state index is 11.5. The maximum atomic E-state index is 11.5. The summed E-state index contributed by atoms with van der Waals surface area (Å²) in [6.45, 7) is 2.91. The SMILES string of the molecule is CCCCCCNC(=O)Nc1cccc(Br)c1. The highest BCUT2D eigenvalue weighted by atomic mass is 79.9. The highest BCUT2D eigenvalue weighted by Gasteiger charge is 2.00. The third-order valence-corrected chi connectivity index (χ3v) is 2.89. The van der Waals surface area contributed by atoms with Crippen LogP contribution in [-0.2, 0) is 0 Å². The monoisotopic (exact) mass is 298 g/mol. The molecule has 17 heavy (non-hydrogen) atoms. The Morgan fingerprint density at radius 1 is 1.29 bits per heavy atom. The second kappa shape index (κ2) is 8.12. The normalized spacial score (nSPS) is 10.0. The molecule has 0 aromatic heterocycles. The lowest BCUT2D eigenvalue weighted by molar-refractivity contribution is 0.252. The average Bonchev–Trinajstić information content (AvgIpc) is 2.29. The fraction of sp³-hybridized carbons (Fsp3) is 0.462. The third-order valence-electron chi connectivity index (χ3n) is 2.40. The van der Waals surface area contributed by atoms with Crippen LogP contribution in [-0.4, -0.2) is 12.6 Å². The molecule has 0 saturated carbocycles. The van der Waals surface area contributed by atoms with Gasteiger partial charge in [0.05, 0.1) is 0 Å². The van der Waals surface area contributed by atoms with Crippen LogP contribution in [0.25, 0.3) is 0 Å². The Morgan fingerprint density at radius 2 is 2.12 bits per heavy atom. The molecule has 0 aliphatic carbocycles. The van der Waals surface area contributed by atoms with E-state index in [0.29, 0.717) is 0 Å². The average molecular weight is 299 g/mol. The lowest BCUT2D eigenvalue weighted by Crippen LogP contribution is -2.29. The van der Waals surface area contributed by atoms with Gasteiger partial charge in [-0.05, 0) is 24.6 Å². The summed E-state index contributed by atoms with van der Waals surface area (Å²) >= 11 is 3.36. The van der Waals surface area contributed by atoms with Crippen molar-refractivity contribution in [1.82, 2.24) is 5.32 Å². The summed E-state index contributed by atoms with van der Waals surface area (Å²) in [7, 11) is 0. The van der Waals surface area contributed by atoms with Crippen molar-refractivity contribution in [3.8, 4) is 0 Å². The zero-order valence-electron chi connectivity index (χ0n) is 10.1. The lowest BCUT2D eigenvalue weighted by Gasteiger charge is -2.07. The number of unbranched alkanes of at least 4 members (excludes halogenated alkanes) is 3. The highest BCUT2D eigenvalue weighted by molar-refractivity contribution is 9.10. The molecule has 0 radical (unpaired) electrons. The van der Waals surface area contributed by atoms with E-state index >= 15 is 0 Å². The maximum Gasteiger partial charge on any atom is 0.319 e. The molecule has 4 heteroatoms. The predicted octanol–water partition coefficient (Wildman–Crippen LogP) is 4.15. The number of anilines is 1. The molecule has 3 nitrogen and oxygen atoms in total. The molecular formula is C13H19BrN2O. The zero-order chi connectivity index (χ0) is 12.5. The van der Waals surface area contributed by atoms with Gasteiger partial charge in [-0.1, -0.05) is 48.2 Å². The number of rotatable bonds is 6. The Balaban J connectivity index is 2.21. The molecule has 1 aromatic rings. The van der Waals surface area contributed by atoms with Gasteiger partial charge in [-0.15, -0.1) is 0 Å². The van der Waals surface area contributed by atoms with Crippen molar-refractivity contribution < 1.29 is 4.79 Å². The Hall–Kier alpha value is -1.03. The van der Waals surface area contributed by atoms with Crippen molar-refractivity contribution in [2.45, 2.75) is 32.6 Å². The van der Waals surface area contributed by atoms with Crippen molar-refractivity contribution >= 4 is 27.6 Å². The van der Waals surface area contributed by atoms with Gasteiger partial charge in [0.15, 0.2) is 0 Å². The quantitative estimate of drug-likeness (QED) is 0.761. The van der Waals surface area contributed by atoms with E-state index in [1.54, 1.807) is 0 Å². The summed E-state index contributed by atoms with van der Waals surface area (Å²) in [5.41, 5.74) is 0.797. The molecule has 0 aliphatic rings. The largest absolute Gasteiger partial charge is 0.338 e. The predicted molar refractivity (Wildman–Crippen MR) is 75.3 cm³/mol. The molecule has 0 spiro atoms. The third kappa shape index (κ3) is 6.31. The number of benzene rings is 1. The van der Waals surface area contributed by atoms with Crippen LogP contribution in [0.2, 0.25) is 0 Å². The number of hydrogen-bond acceptors (Lipinski definition) is 1. The van der Waals surface area contributed by atoms with Gasteiger partial charge in [0.1, 0.15) is 0 Å². The molecule has 2 N–H and O–H groups in total. The number of carbonyl (C=O) groups excluding carboxylic acids is 1. The van der Waals surface area contributed by atoms with Crippen molar-refractivity contribution in [1.29, 1.82) is 0 Å². The van der Waals surface area contributed by atoms with E-state index in [0.717, 1.165) is 23.1 Å². The summed E-state index contributed by atoms with van der Waals surface area (Å²) in [6.07, 6.45) is 4.66. The van der Waals surface area contributed by atoms with E-state index in [-0.39, 0.29) is 6.03 Å². The molecule has 0 unspecified atom stereocenters. The fourth-order valence-electron chi connectivity index (χ4n) is 1.50. The van der Waals surface area contributed by atoms with Gasteiger partial charge in [0.25, 0.3) is 0 Å². The molecule has 0 aliphatic heterocycles. The van der Waals surface area contributed by atoms with Gasteiger partial charge in [0.2, 0.25) is 0 Å². The summed E-state index contributed by atoms with van der Waals surface area (Å²) in [4.78, 5) is 11.5. The molecule has 0 fully saturated rings. The van der Waals surface area contributed by atoms with E-state index in [1.165, 1.54) is 19.3 Å². The first-order valence-corrected chi connectivity index (χ1v) is 6.82. The Bertz CT molecular complexity index is 355. The molecule has 1 rings (SSSR count). The Kier molecular flexibility index (Phi) is 6.70. The van der Waals surface area contributed by atoms with Crippen LogP contribution in [0.5, 0.6) is 0 Å². The molecule has 1 aromatic carbocycles. The first-order valence-electron chi connectivity index (χ1n) is 6.03. The fourth-order valence-corrected chi connectivity index (χ4v) is 1.89. The molecule has 0 atom stereocenters. The van der Waals surface area contributed by atoms with Crippen LogP contribution in [0.15, 0.2) is 28.7 Å². The second-order valence-electron chi connectivity index (χ2n) is 3.95. The van der Waals surface area contributed by atoms with E-state index in [2.05, 4.69) is 33.5 Å². The lowest BCUT2D eigenvalue weighted by atomic mass is 10.2. The van der Waals surface area contributed by atoms with Gasteiger partial charge in [-0.2, -0.15) is 0 Å². The Labute approximate surface area is 111 Å². The molecule has 94 valence electrons. The van der Waals surface area contributed by atoms with Crippen molar-refractivity contribution in [3.05, 3.63) is 28.7 Å². The summed E-state index contributed by atoms with van der Waals surface area (Å²) in [5.74, 6) is 0. The number of halogens is 1. The molecule has 0 saturated heterocycles. The standard InChI is InChI=1S/C13H19BrN2O/c1-2-3-4-5-9-15-13(17)16-12-8-6-7-11(14)10-12/h6-8,10H,2-5,9H2,1H3,(H2,15,16,17). The van der Waals surface area contributed by atoms with Gasteiger partial charge >= 0.3 is 6.03 Å². The number of hydrogen-bond donors (Lipinski definition) is 2. The van der Waals surface area contributed by atoms with Crippen LogP contribution in [0.1, 0.15) is 32.6 Å². The smallest absolute Gasteiger partial charge is 0.319 e. The van der Waals surface area contributed by atoms with Crippen molar-refractivity contribution in [3.63, 3.8) is 0 Å². The van der Waals surface area contributed by atoms with Crippen LogP contribution in [0.3, 0.4) is 0 Å². The second-order valence-corrected chi connectivity index (χ2v) is 4.87. The van der Waals surface area contributed by atoms with Crippen LogP contribution in [0, 0.1) is 0 Å². The van der Waals surface area contributed by atoms with Crippen molar-refractivity contribution in [2.24, 2.45) is 0 Å². The van der Waals surface area contributed by atoms with Gasteiger partial charge in [-0.3, -0.25) is 0 Å². The van der Waals surface area contributed by atoms with Crippen LogP contribution >= 0.6 is 15.9 Å².